The van der Waals surface area contributed by atoms with E-state index in [1.807, 2.05) is 18.2 Å². The first kappa shape index (κ1) is 14.3. The highest BCUT2D eigenvalue weighted by Gasteiger charge is 2.18. The van der Waals surface area contributed by atoms with E-state index in [2.05, 4.69) is 21.2 Å². The predicted molar refractivity (Wildman–Crippen MR) is 79.1 cm³/mol. The van der Waals surface area contributed by atoms with Crippen LogP contribution in [0.4, 0.5) is 11.4 Å². The van der Waals surface area contributed by atoms with Gasteiger partial charge in [-0.2, -0.15) is 0 Å². The Morgan fingerprint density at radius 1 is 1.45 bits per heavy atom. The predicted octanol–water partition coefficient (Wildman–Crippen LogP) is 3.08. The zero-order valence-electron chi connectivity index (χ0n) is 10.7. The quantitative estimate of drug-likeness (QED) is 0.529. The van der Waals surface area contributed by atoms with Crippen molar-refractivity contribution in [2.24, 2.45) is 7.05 Å². The van der Waals surface area contributed by atoms with E-state index in [4.69, 9.17) is 0 Å². The van der Waals surface area contributed by atoms with Crippen LogP contribution < -0.4 is 5.32 Å². The summed E-state index contributed by atoms with van der Waals surface area (Å²) in [6.45, 7) is 0. The molecule has 1 heterocycles. The fourth-order valence-corrected chi connectivity index (χ4v) is 2.31. The van der Waals surface area contributed by atoms with E-state index in [1.54, 1.807) is 13.1 Å². The molecule has 6 nitrogen and oxygen atoms in total. The number of halogens is 1. The first-order chi connectivity index (χ1) is 9.52. The second-order valence-electron chi connectivity index (χ2n) is 4.20. The minimum atomic E-state index is -0.525. The number of aromatic nitrogens is 1. The molecule has 7 heteroatoms. The summed E-state index contributed by atoms with van der Waals surface area (Å²) in [6, 6.07) is 8.62. The summed E-state index contributed by atoms with van der Waals surface area (Å²) in [7, 11) is 1.60. The molecule has 0 spiro atoms. The average Bonchev–Trinajstić information content (AvgIpc) is 2.82. The summed E-state index contributed by atoms with van der Waals surface area (Å²) in [4.78, 5) is 22.3. The van der Waals surface area contributed by atoms with Gasteiger partial charge in [-0.05, 0) is 11.6 Å². The van der Waals surface area contributed by atoms with Crippen molar-refractivity contribution in [2.45, 2.75) is 5.33 Å². The van der Waals surface area contributed by atoms with Gasteiger partial charge in [-0.3, -0.25) is 14.9 Å². The molecule has 0 atom stereocenters. The van der Waals surface area contributed by atoms with Gasteiger partial charge in [0.25, 0.3) is 11.6 Å². The van der Waals surface area contributed by atoms with Crippen molar-refractivity contribution in [3.05, 3.63) is 57.9 Å². The molecule has 2 rings (SSSR count). The number of hydrogen-bond acceptors (Lipinski definition) is 3. The van der Waals surface area contributed by atoms with Crippen molar-refractivity contribution in [3.63, 3.8) is 0 Å². The Balaban J connectivity index is 2.26. The van der Waals surface area contributed by atoms with Gasteiger partial charge in [-0.15, -0.1) is 0 Å². The van der Waals surface area contributed by atoms with Crippen LogP contribution in [-0.4, -0.2) is 15.4 Å². The number of nitrogens with zero attached hydrogens (tertiary/aromatic N) is 2. The molecular formula is C13H12BrN3O3. The number of benzene rings is 1. The number of rotatable bonds is 4. The van der Waals surface area contributed by atoms with Crippen LogP contribution >= 0.6 is 15.9 Å². The van der Waals surface area contributed by atoms with E-state index in [0.717, 1.165) is 5.56 Å². The lowest BCUT2D eigenvalue weighted by Crippen LogP contribution is -2.16. The highest BCUT2D eigenvalue weighted by molar-refractivity contribution is 9.08. The Labute approximate surface area is 123 Å². The maximum absolute atomic E-state index is 12.2. The van der Waals surface area contributed by atoms with Crippen molar-refractivity contribution < 1.29 is 9.72 Å². The number of carbonyl (C=O) groups excluding carboxylic acids is 1. The smallest absolute Gasteiger partial charge is 0.287 e. The number of nitro groups is 1. The number of aryl methyl sites for hydroxylation is 1. The van der Waals surface area contributed by atoms with Gasteiger partial charge in [0.15, 0.2) is 0 Å². The number of hydrogen-bond donors (Lipinski definition) is 1. The van der Waals surface area contributed by atoms with Gasteiger partial charge < -0.3 is 9.88 Å². The first-order valence-corrected chi connectivity index (χ1v) is 6.91. The van der Waals surface area contributed by atoms with Gasteiger partial charge >= 0.3 is 0 Å². The molecule has 1 aromatic carbocycles. The fraction of sp³-hybridized carbons (Fsp3) is 0.154. The van der Waals surface area contributed by atoms with Crippen molar-refractivity contribution in [3.8, 4) is 0 Å². The van der Waals surface area contributed by atoms with E-state index in [9.17, 15) is 14.9 Å². The summed E-state index contributed by atoms with van der Waals surface area (Å²) < 4.78 is 1.43. The average molecular weight is 338 g/mol. The summed E-state index contributed by atoms with van der Waals surface area (Å²) in [5, 5.41) is 14.1. The molecule has 0 aliphatic carbocycles. The largest absolute Gasteiger partial charge is 0.340 e. The maximum Gasteiger partial charge on any atom is 0.287 e. The lowest BCUT2D eigenvalue weighted by molar-refractivity contribution is -0.384. The van der Waals surface area contributed by atoms with Crippen molar-refractivity contribution in [1.82, 2.24) is 4.57 Å². The van der Waals surface area contributed by atoms with Crippen LogP contribution in [0, 0.1) is 10.1 Å². The Kier molecular flexibility index (Phi) is 4.19. The lowest BCUT2D eigenvalue weighted by Gasteiger charge is -2.09. The van der Waals surface area contributed by atoms with Gasteiger partial charge in [-0.1, -0.05) is 34.1 Å². The van der Waals surface area contributed by atoms with Crippen molar-refractivity contribution in [2.75, 3.05) is 5.32 Å². The maximum atomic E-state index is 12.2. The van der Waals surface area contributed by atoms with Crippen LogP contribution in [0.3, 0.4) is 0 Å². The number of amides is 1. The molecule has 0 aliphatic heterocycles. The number of para-hydroxylation sites is 1. The highest BCUT2D eigenvalue weighted by Crippen LogP contribution is 2.20. The van der Waals surface area contributed by atoms with Crippen LogP contribution in [0.1, 0.15) is 16.1 Å². The Morgan fingerprint density at radius 3 is 2.75 bits per heavy atom. The number of anilines is 1. The van der Waals surface area contributed by atoms with Gasteiger partial charge in [0, 0.05) is 24.1 Å². The van der Waals surface area contributed by atoms with Gasteiger partial charge in [0.1, 0.15) is 5.69 Å². The van der Waals surface area contributed by atoms with Crippen LogP contribution in [0.2, 0.25) is 0 Å². The lowest BCUT2D eigenvalue weighted by atomic mass is 10.2. The topological polar surface area (TPSA) is 77.2 Å². The zero-order valence-corrected chi connectivity index (χ0v) is 12.3. The van der Waals surface area contributed by atoms with E-state index in [1.165, 1.54) is 16.8 Å². The van der Waals surface area contributed by atoms with Crippen LogP contribution in [0.5, 0.6) is 0 Å². The first-order valence-electron chi connectivity index (χ1n) is 5.79. The number of nitrogens with one attached hydrogen (secondary N) is 1. The minimum Gasteiger partial charge on any atom is -0.340 e. The SMILES string of the molecule is Cn1cc([N+](=O)[O-])cc1C(=O)Nc1ccccc1CBr. The van der Waals surface area contributed by atoms with Gasteiger partial charge in [0.2, 0.25) is 0 Å². The van der Waals surface area contributed by atoms with Crippen molar-refractivity contribution >= 4 is 33.2 Å². The molecule has 0 saturated carbocycles. The van der Waals surface area contributed by atoms with Crippen LogP contribution in [0.15, 0.2) is 36.5 Å². The Morgan fingerprint density at radius 2 is 2.15 bits per heavy atom. The molecule has 0 radical (unpaired) electrons. The molecule has 1 N–H and O–H groups in total. The summed E-state index contributed by atoms with van der Waals surface area (Å²) in [5.41, 5.74) is 1.75. The monoisotopic (exact) mass is 337 g/mol. The summed E-state index contributed by atoms with van der Waals surface area (Å²) in [6.07, 6.45) is 1.31. The molecule has 1 amide bonds. The molecule has 0 aliphatic rings. The van der Waals surface area contributed by atoms with Gasteiger partial charge in [0.05, 0.1) is 11.1 Å². The molecule has 0 fully saturated rings. The molecule has 0 saturated heterocycles. The van der Waals surface area contributed by atoms with Gasteiger partial charge in [-0.25, -0.2) is 0 Å². The standard InChI is InChI=1S/C13H12BrN3O3/c1-16-8-10(17(19)20)6-12(16)13(18)15-11-5-3-2-4-9(11)7-14/h2-6,8H,7H2,1H3,(H,15,18). The highest BCUT2D eigenvalue weighted by atomic mass is 79.9. The molecule has 0 unspecified atom stereocenters. The van der Waals surface area contributed by atoms with E-state index in [-0.39, 0.29) is 17.3 Å². The zero-order chi connectivity index (χ0) is 14.7. The molecule has 104 valence electrons. The molecular weight excluding hydrogens is 326 g/mol. The third kappa shape index (κ3) is 2.88. The molecule has 1 aromatic heterocycles. The van der Waals surface area contributed by atoms with E-state index >= 15 is 0 Å². The van der Waals surface area contributed by atoms with Crippen LogP contribution in [-0.2, 0) is 12.4 Å². The normalized spacial score (nSPS) is 10.3. The summed E-state index contributed by atoms with van der Waals surface area (Å²) >= 11 is 3.35. The number of alkyl halides is 1. The Hall–Kier alpha value is -2.15. The van der Waals surface area contributed by atoms with E-state index in [0.29, 0.717) is 11.0 Å². The summed E-state index contributed by atoms with van der Waals surface area (Å²) in [5.74, 6) is -0.381. The third-order valence-corrected chi connectivity index (χ3v) is 3.45. The Bertz CT molecular complexity index is 667. The van der Waals surface area contributed by atoms with Crippen molar-refractivity contribution in [1.29, 1.82) is 0 Å². The fourth-order valence-electron chi connectivity index (χ4n) is 1.82. The third-order valence-electron chi connectivity index (χ3n) is 2.84. The minimum absolute atomic E-state index is 0.105. The van der Waals surface area contributed by atoms with Crippen LogP contribution in [0.25, 0.3) is 0 Å². The van der Waals surface area contributed by atoms with E-state index < -0.39 is 4.92 Å². The molecule has 20 heavy (non-hydrogen) atoms. The molecule has 0 bridgehead atoms. The second-order valence-corrected chi connectivity index (χ2v) is 4.76. The second kappa shape index (κ2) is 5.87. The molecule has 2 aromatic rings. The number of carbonyl (C=O) groups is 1.